The molecule has 3 amide bonds. The first-order valence-corrected chi connectivity index (χ1v) is 13.3. The van der Waals surface area contributed by atoms with Gasteiger partial charge in [0.2, 0.25) is 0 Å². The van der Waals surface area contributed by atoms with Gasteiger partial charge in [-0.1, -0.05) is 59.6 Å². The number of carbonyl (C=O) groups excluding carboxylic acids is 3. The molecule has 4 rings (SSSR count). The molecule has 0 radical (unpaired) electrons. The van der Waals surface area contributed by atoms with Crippen molar-refractivity contribution in [3.8, 4) is 0 Å². The summed E-state index contributed by atoms with van der Waals surface area (Å²) in [6.07, 6.45) is 1.10. The number of fused-ring (bicyclic) bond motifs is 1. The van der Waals surface area contributed by atoms with E-state index in [1.165, 1.54) is 30.3 Å². The second kappa shape index (κ2) is 12.9. The van der Waals surface area contributed by atoms with E-state index in [1.807, 2.05) is 24.3 Å². The number of benzene rings is 3. The standard InChI is InChI=1S/C29H26Cl2FN3O5/c30-22-11-18(27(37)33-14-16-4-3-6-20(32)10-16)12-23(31)26(22)25(36)13-19(28(38)39)15-34-29(40)35-24-9-8-17-5-1-2-7-21(17)24/h1-7,10-12,19,24H,8-9,13-15H2,(H,33,37)(H,38,39)(H2,34,35,40)/t19-,24+/m0/s1. The summed E-state index contributed by atoms with van der Waals surface area (Å²) in [5.74, 6) is -4.15. The van der Waals surface area contributed by atoms with Crippen LogP contribution in [0.5, 0.6) is 0 Å². The molecule has 11 heteroatoms. The second-order valence-corrected chi connectivity index (χ2v) is 10.2. The number of aliphatic carboxylic acids is 1. The fraction of sp³-hybridized carbons (Fsp3) is 0.241. The van der Waals surface area contributed by atoms with E-state index in [1.54, 1.807) is 6.07 Å². The monoisotopic (exact) mass is 585 g/mol. The predicted octanol–water partition coefficient (Wildman–Crippen LogP) is 5.32. The van der Waals surface area contributed by atoms with Gasteiger partial charge in [-0.2, -0.15) is 0 Å². The third kappa shape index (κ3) is 7.16. The van der Waals surface area contributed by atoms with Crippen LogP contribution in [0, 0.1) is 11.7 Å². The number of halogens is 3. The second-order valence-electron chi connectivity index (χ2n) is 9.43. The van der Waals surface area contributed by atoms with Gasteiger partial charge in [0.05, 0.1) is 27.6 Å². The zero-order valence-electron chi connectivity index (χ0n) is 21.2. The molecule has 0 aromatic heterocycles. The number of Topliss-reactive ketones (excluding diaryl/α,β-unsaturated/α-hetero) is 1. The van der Waals surface area contributed by atoms with Crippen molar-refractivity contribution in [3.05, 3.63) is 104 Å². The van der Waals surface area contributed by atoms with Gasteiger partial charge in [0.1, 0.15) is 5.82 Å². The van der Waals surface area contributed by atoms with E-state index in [-0.39, 0.29) is 40.3 Å². The lowest BCUT2D eigenvalue weighted by Gasteiger charge is -2.17. The van der Waals surface area contributed by atoms with Crippen molar-refractivity contribution >= 4 is 46.9 Å². The summed E-state index contributed by atoms with van der Waals surface area (Å²) in [5, 5.41) is 17.4. The molecule has 40 heavy (non-hydrogen) atoms. The number of ketones is 1. The number of carbonyl (C=O) groups is 4. The fourth-order valence-corrected chi connectivity index (χ4v) is 5.30. The van der Waals surface area contributed by atoms with Crippen molar-refractivity contribution in [2.45, 2.75) is 31.8 Å². The summed E-state index contributed by atoms with van der Waals surface area (Å²) in [4.78, 5) is 49.9. The van der Waals surface area contributed by atoms with Gasteiger partial charge in [0.25, 0.3) is 5.91 Å². The Morgan fingerprint density at radius 3 is 2.40 bits per heavy atom. The van der Waals surface area contributed by atoms with Gasteiger partial charge < -0.3 is 21.1 Å². The van der Waals surface area contributed by atoms with Crippen LogP contribution in [0.1, 0.15) is 56.3 Å². The number of carboxylic acids is 1. The molecule has 3 aromatic rings. The van der Waals surface area contributed by atoms with E-state index in [0.717, 1.165) is 24.0 Å². The zero-order valence-corrected chi connectivity index (χ0v) is 22.7. The molecule has 0 aliphatic heterocycles. The Morgan fingerprint density at radius 2 is 1.70 bits per heavy atom. The lowest BCUT2D eigenvalue weighted by molar-refractivity contribution is -0.141. The van der Waals surface area contributed by atoms with E-state index in [0.29, 0.717) is 5.56 Å². The molecule has 4 N–H and O–H groups in total. The van der Waals surface area contributed by atoms with Crippen molar-refractivity contribution in [2.75, 3.05) is 6.54 Å². The molecule has 0 unspecified atom stereocenters. The average molecular weight is 586 g/mol. The molecule has 8 nitrogen and oxygen atoms in total. The molecule has 2 atom stereocenters. The summed E-state index contributed by atoms with van der Waals surface area (Å²) in [6.45, 7) is -0.238. The zero-order chi connectivity index (χ0) is 28.8. The molecule has 0 fully saturated rings. The minimum atomic E-state index is -1.28. The molecule has 0 heterocycles. The van der Waals surface area contributed by atoms with Gasteiger partial charge in [0, 0.05) is 25.1 Å². The summed E-state index contributed by atoms with van der Waals surface area (Å²) >= 11 is 12.6. The van der Waals surface area contributed by atoms with E-state index < -0.39 is 41.8 Å². The molecule has 0 saturated heterocycles. The first-order chi connectivity index (χ1) is 19.1. The SMILES string of the molecule is O=C(NC[C@H](CC(=O)c1c(Cl)cc(C(=O)NCc2cccc(F)c2)cc1Cl)C(=O)O)N[C@@H]1CCc2ccccc21. The largest absolute Gasteiger partial charge is 0.481 e. The van der Waals surface area contributed by atoms with E-state index in [9.17, 15) is 28.7 Å². The molecule has 1 aliphatic carbocycles. The number of hydrogen-bond acceptors (Lipinski definition) is 4. The predicted molar refractivity (Wildman–Crippen MR) is 148 cm³/mol. The summed E-state index contributed by atoms with van der Waals surface area (Å²) < 4.78 is 13.4. The number of rotatable bonds is 10. The molecular weight excluding hydrogens is 560 g/mol. The van der Waals surface area contributed by atoms with Crippen LogP contribution in [0.2, 0.25) is 10.0 Å². The third-order valence-corrected chi connectivity index (χ3v) is 7.25. The first kappa shape index (κ1) is 29.0. The van der Waals surface area contributed by atoms with Crippen molar-refractivity contribution in [3.63, 3.8) is 0 Å². The van der Waals surface area contributed by atoms with Crippen LogP contribution in [0.3, 0.4) is 0 Å². The lowest BCUT2D eigenvalue weighted by Crippen LogP contribution is -2.41. The number of carboxylic acid groups (broad SMARTS) is 1. The highest BCUT2D eigenvalue weighted by Gasteiger charge is 2.28. The minimum Gasteiger partial charge on any atom is -0.481 e. The Hall–Kier alpha value is -3.95. The maximum atomic E-state index is 13.4. The molecule has 0 saturated carbocycles. The average Bonchev–Trinajstić information content (AvgIpc) is 3.31. The highest BCUT2D eigenvalue weighted by molar-refractivity contribution is 6.40. The molecule has 1 aliphatic rings. The summed E-state index contributed by atoms with van der Waals surface area (Å²) in [7, 11) is 0. The van der Waals surface area contributed by atoms with Gasteiger partial charge in [-0.05, 0) is 53.8 Å². The molecule has 3 aromatic carbocycles. The molecular formula is C29H26Cl2FN3O5. The smallest absolute Gasteiger partial charge is 0.315 e. The van der Waals surface area contributed by atoms with Gasteiger partial charge in [-0.3, -0.25) is 14.4 Å². The normalized spacial score (nSPS) is 14.6. The lowest BCUT2D eigenvalue weighted by atomic mass is 9.97. The summed E-state index contributed by atoms with van der Waals surface area (Å²) in [5.41, 5.74) is 2.68. The minimum absolute atomic E-state index is 0.0562. The van der Waals surface area contributed by atoms with Gasteiger partial charge in [0.15, 0.2) is 5.78 Å². The van der Waals surface area contributed by atoms with E-state index in [4.69, 9.17) is 23.2 Å². The number of nitrogens with one attached hydrogen (secondary N) is 3. The van der Waals surface area contributed by atoms with Crippen molar-refractivity contribution in [1.29, 1.82) is 0 Å². The highest BCUT2D eigenvalue weighted by atomic mass is 35.5. The van der Waals surface area contributed by atoms with Crippen LogP contribution in [0.15, 0.2) is 60.7 Å². The number of hydrogen-bond donors (Lipinski definition) is 4. The van der Waals surface area contributed by atoms with Crippen LogP contribution in [0.25, 0.3) is 0 Å². The highest BCUT2D eigenvalue weighted by Crippen LogP contribution is 2.31. The summed E-state index contributed by atoms with van der Waals surface area (Å²) in [6, 6.07) is 15.3. The van der Waals surface area contributed by atoms with Crippen molar-refractivity contribution < 1.29 is 28.7 Å². The maximum absolute atomic E-state index is 13.4. The van der Waals surface area contributed by atoms with Crippen LogP contribution in [0.4, 0.5) is 9.18 Å². The Morgan fingerprint density at radius 1 is 0.975 bits per heavy atom. The van der Waals surface area contributed by atoms with Gasteiger partial charge in [-0.15, -0.1) is 0 Å². The number of aryl methyl sites for hydroxylation is 1. The quantitative estimate of drug-likeness (QED) is 0.240. The molecule has 0 spiro atoms. The van der Waals surface area contributed by atoms with Crippen LogP contribution >= 0.6 is 23.2 Å². The number of urea groups is 1. The Bertz CT molecular complexity index is 1440. The van der Waals surface area contributed by atoms with Crippen molar-refractivity contribution in [1.82, 2.24) is 16.0 Å². The van der Waals surface area contributed by atoms with Gasteiger partial charge in [-0.25, -0.2) is 9.18 Å². The van der Waals surface area contributed by atoms with Gasteiger partial charge >= 0.3 is 12.0 Å². The topological polar surface area (TPSA) is 125 Å². The number of amides is 3. The molecule has 208 valence electrons. The first-order valence-electron chi connectivity index (χ1n) is 12.5. The van der Waals surface area contributed by atoms with Crippen LogP contribution in [-0.4, -0.2) is 35.3 Å². The van der Waals surface area contributed by atoms with Crippen LogP contribution < -0.4 is 16.0 Å². The third-order valence-electron chi connectivity index (χ3n) is 6.65. The van der Waals surface area contributed by atoms with Crippen LogP contribution in [-0.2, 0) is 17.8 Å². The maximum Gasteiger partial charge on any atom is 0.315 e. The Kier molecular flexibility index (Phi) is 9.39. The Labute approximate surface area is 239 Å². The molecule has 0 bridgehead atoms. The van der Waals surface area contributed by atoms with E-state index in [2.05, 4.69) is 16.0 Å². The van der Waals surface area contributed by atoms with E-state index >= 15 is 0 Å². The van der Waals surface area contributed by atoms with Crippen molar-refractivity contribution in [2.24, 2.45) is 5.92 Å². The fourth-order valence-electron chi connectivity index (χ4n) is 4.61. The Balaban J connectivity index is 1.35.